The normalized spacial score (nSPS) is 13.5. The van der Waals surface area contributed by atoms with Crippen LogP contribution in [-0.2, 0) is 14.5 Å². The molecule has 0 aliphatic rings. The molecule has 0 aliphatic carbocycles. The van der Waals surface area contributed by atoms with E-state index in [1.54, 1.807) is 0 Å². The van der Waals surface area contributed by atoms with Gasteiger partial charge in [-0.05, 0) is 0 Å². The van der Waals surface area contributed by atoms with Gasteiger partial charge in [0.2, 0.25) is 6.10 Å². The van der Waals surface area contributed by atoms with Crippen LogP contribution in [0.1, 0.15) is 0 Å². The average molecular weight is 209 g/mol. The van der Waals surface area contributed by atoms with E-state index in [1.807, 2.05) is 16.0 Å². The molecule has 0 spiro atoms. The number of aliphatic hydroxyl groups excluding tert-OH is 1. The summed E-state index contributed by atoms with van der Waals surface area (Å²) in [5.41, 5.74) is 0. The summed E-state index contributed by atoms with van der Waals surface area (Å²) in [6, 6.07) is 0. The molecule has 0 saturated heterocycles. The van der Waals surface area contributed by atoms with E-state index in [2.05, 4.69) is 14.5 Å². The highest BCUT2D eigenvalue weighted by molar-refractivity contribution is 4.68. The lowest BCUT2D eigenvalue weighted by atomic mass is 10.2. The SMILES string of the molecule is O=NOC[C@H](ON=O)[C@@H](CO)ON=O. The van der Waals surface area contributed by atoms with Crippen LogP contribution in [0.3, 0.4) is 0 Å². The molecular formula is C4H7N3O7. The minimum Gasteiger partial charge on any atom is -0.392 e. The van der Waals surface area contributed by atoms with Crippen molar-refractivity contribution >= 4 is 0 Å². The van der Waals surface area contributed by atoms with Gasteiger partial charge < -0.3 is 19.6 Å². The van der Waals surface area contributed by atoms with Gasteiger partial charge in [-0.3, -0.25) is 0 Å². The second-order valence-corrected chi connectivity index (χ2v) is 1.99. The van der Waals surface area contributed by atoms with Gasteiger partial charge in [-0.25, -0.2) is 0 Å². The van der Waals surface area contributed by atoms with Gasteiger partial charge in [0.05, 0.1) is 6.61 Å². The second kappa shape index (κ2) is 7.79. The van der Waals surface area contributed by atoms with Crippen LogP contribution in [0, 0.1) is 14.7 Å². The summed E-state index contributed by atoms with van der Waals surface area (Å²) < 4.78 is 0. The Balaban J connectivity index is 4.16. The standard InChI is InChI=1S/C4H7N3O7/c8-1-3(13-6-10)4(14-7-11)2-12-5-9/h3-4,8H,1-2H2/t3-,4+/m1/s1. The smallest absolute Gasteiger partial charge is 0.209 e. The van der Waals surface area contributed by atoms with E-state index in [-0.39, 0.29) is 0 Å². The zero-order chi connectivity index (χ0) is 10.8. The van der Waals surface area contributed by atoms with E-state index < -0.39 is 25.4 Å². The summed E-state index contributed by atoms with van der Waals surface area (Å²) in [6.07, 6.45) is -2.50. The maximum Gasteiger partial charge on any atom is 0.209 e. The minimum absolute atomic E-state index is 0.504. The first-order valence-corrected chi connectivity index (χ1v) is 3.32. The molecule has 10 nitrogen and oxygen atoms in total. The van der Waals surface area contributed by atoms with Gasteiger partial charge in [0.25, 0.3) is 0 Å². The number of hydrogen-bond donors (Lipinski definition) is 1. The lowest BCUT2D eigenvalue weighted by Gasteiger charge is -2.16. The van der Waals surface area contributed by atoms with E-state index in [1.165, 1.54) is 0 Å². The lowest BCUT2D eigenvalue weighted by Crippen LogP contribution is -2.35. The topological polar surface area (TPSA) is 136 Å². The molecule has 0 bridgehead atoms. The summed E-state index contributed by atoms with van der Waals surface area (Å²) in [5.74, 6) is 0. The zero-order valence-electron chi connectivity index (χ0n) is 6.81. The van der Waals surface area contributed by atoms with E-state index in [4.69, 9.17) is 5.11 Å². The maximum absolute atomic E-state index is 9.72. The summed E-state index contributed by atoms with van der Waals surface area (Å²) in [7, 11) is 0. The molecule has 0 aliphatic heterocycles. The van der Waals surface area contributed by atoms with Crippen molar-refractivity contribution in [1.82, 2.24) is 0 Å². The van der Waals surface area contributed by atoms with Gasteiger partial charge in [0.15, 0.2) is 28.7 Å². The Labute approximate surface area is 76.9 Å². The van der Waals surface area contributed by atoms with Crippen molar-refractivity contribution in [3.8, 4) is 0 Å². The first-order chi connectivity index (χ1) is 6.79. The second-order valence-electron chi connectivity index (χ2n) is 1.99. The Morgan fingerprint density at radius 2 is 1.57 bits per heavy atom. The number of hydrogen-bond acceptors (Lipinski definition) is 10. The van der Waals surface area contributed by atoms with E-state index >= 15 is 0 Å². The van der Waals surface area contributed by atoms with E-state index in [0.29, 0.717) is 0 Å². The first kappa shape index (κ1) is 12.2. The largest absolute Gasteiger partial charge is 0.392 e. The lowest BCUT2D eigenvalue weighted by molar-refractivity contribution is -0.120. The third-order valence-corrected chi connectivity index (χ3v) is 1.24. The summed E-state index contributed by atoms with van der Waals surface area (Å²) in [6.45, 7) is -1.18. The Hall–Kier alpha value is -1.84. The van der Waals surface area contributed by atoms with E-state index in [0.717, 1.165) is 0 Å². The number of nitrogens with zero attached hydrogens (tertiary/aromatic N) is 3. The Morgan fingerprint density at radius 1 is 1.00 bits per heavy atom. The fraction of sp³-hybridized carbons (Fsp3) is 1.00. The van der Waals surface area contributed by atoms with Crippen LogP contribution in [0.5, 0.6) is 0 Å². The molecule has 0 amide bonds. The van der Waals surface area contributed by atoms with Crippen LogP contribution in [0.25, 0.3) is 0 Å². The molecule has 0 saturated carbocycles. The molecule has 0 aromatic carbocycles. The highest BCUT2D eigenvalue weighted by atomic mass is 16.8. The van der Waals surface area contributed by atoms with Gasteiger partial charge in [-0.15, -0.1) is 14.7 Å². The number of rotatable bonds is 9. The molecular weight excluding hydrogens is 202 g/mol. The molecule has 2 atom stereocenters. The van der Waals surface area contributed by atoms with Crippen LogP contribution in [0.15, 0.2) is 16.0 Å². The molecule has 0 rings (SSSR count). The van der Waals surface area contributed by atoms with Gasteiger partial charge in [-0.1, -0.05) is 0 Å². The van der Waals surface area contributed by atoms with Gasteiger partial charge in [0, 0.05) is 0 Å². The average Bonchev–Trinajstić information content (AvgIpc) is 2.21. The highest BCUT2D eigenvalue weighted by Crippen LogP contribution is 2.06. The molecule has 14 heavy (non-hydrogen) atoms. The van der Waals surface area contributed by atoms with Crippen molar-refractivity contribution in [2.75, 3.05) is 13.2 Å². The van der Waals surface area contributed by atoms with Crippen LogP contribution in [0.4, 0.5) is 0 Å². The summed E-state index contributed by atoms with van der Waals surface area (Å²) >= 11 is 0. The van der Waals surface area contributed by atoms with Crippen molar-refractivity contribution in [2.45, 2.75) is 12.2 Å². The minimum atomic E-state index is -1.26. The molecule has 0 unspecified atom stereocenters. The fourth-order valence-electron chi connectivity index (χ4n) is 0.639. The van der Waals surface area contributed by atoms with Gasteiger partial charge in [-0.2, -0.15) is 0 Å². The third kappa shape index (κ3) is 4.25. The Morgan fingerprint density at radius 3 is 2.00 bits per heavy atom. The Bertz CT molecular complexity index is 188. The predicted molar refractivity (Wildman–Crippen MR) is 40.2 cm³/mol. The van der Waals surface area contributed by atoms with Gasteiger partial charge >= 0.3 is 0 Å². The molecule has 0 radical (unpaired) electrons. The third-order valence-electron chi connectivity index (χ3n) is 1.24. The number of aliphatic hydroxyl groups is 1. The van der Waals surface area contributed by atoms with Crippen molar-refractivity contribution < 1.29 is 19.6 Å². The van der Waals surface area contributed by atoms with Crippen LogP contribution in [-0.4, -0.2) is 30.5 Å². The fourth-order valence-corrected chi connectivity index (χ4v) is 0.639. The summed E-state index contributed by atoms with van der Waals surface area (Å²) in [5, 5.41) is 14.7. The molecule has 80 valence electrons. The first-order valence-electron chi connectivity index (χ1n) is 3.32. The van der Waals surface area contributed by atoms with Crippen LogP contribution < -0.4 is 0 Å². The molecule has 0 fully saturated rings. The van der Waals surface area contributed by atoms with Crippen molar-refractivity contribution in [3.63, 3.8) is 0 Å². The zero-order valence-corrected chi connectivity index (χ0v) is 6.81. The molecule has 0 heterocycles. The molecule has 0 aromatic rings. The quantitative estimate of drug-likeness (QED) is 0.410. The summed E-state index contributed by atoms with van der Waals surface area (Å²) in [4.78, 5) is 41.1. The monoisotopic (exact) mass is 209 g/mol. The van der Waals surface area contributed by atoms with Crippen molar-refractivity contribution in [1.29, 1.82) is 0 Å². The molecule has 0 aromatic heterocycles. The van der Waals surface area contributed by atoms with Crippen molar-refractivity contribution in [3.05, 3.63) is 14.7 Å². The Kier molecular flexibility index (Phi) is 6.77. The van der Waals surface area contributed by atoms with Crippen LogP contribution >= 0.6 is 0 Å². The highest BCUT2D eigenvalue weighted by Gasteiger charge is 2.27. The van der Waals surface area contributed by atoms with E-state index in [9.17, 15) is 14.7 Å². The predicted octanol–water partition coefficient (Wildman–Crippen LogP) is -0.190. The maximum atomic E-state index is 9.72. The van der Waals surface area contributed by atoms with Crippen molar-refractivity contribution in [2.24, 2.45) is 16.0 Å². The molecule has 1 N–H and O–H groups in total. The van der Waals surface area contributed by atoms with Crippen LogP contribution in [0.2, 0.25) is 0 Å². The molecule has 10 heteroatoms. The van der Waals surface area contributed by atoms with Gasteiger partial charge in [0.1, 0.15) is 0 Å².